The van der Waals surface area contributed by atoms with E-state index in [4.69, 9.17) is 0 Å². The van der Waals surface area contributed by atoms with Gasteiger partial charge in [0.2, 0.25) is 0 Å². The predicted molar refractivity (Wildman–Crippen MR) is 83.9 cm³/mol. The van der Waals surface area contributed by atoms with Crippen molar-refractivity contribution in [3.63, 3.8) is 0 Å². The van der Waals surface area contributed by atoms with Gasteiger partial charge >= 0.3 is 0 Å². The van der Waals surface area contributed by atoms with Gasteiger partial charge in [-0.25, -0.2) is 0 Å². The van der Waals surface area contributed by atoms with Gasteiger partial charge in [-0.1, -0.05) is 20.3 Å². The van der Waals surface area contributed by atoms with Crippen molar-refractivity contribution in [1.29, 1.82) is 0 Å². The molecule has 2 rings (SSSR count). The molecule has 1 fully saturated rings. The maximum absolute atomic E-state index is 12.9. The van der Waals surface area contributed by atoms with Crippen LogP contribution in [-0.2, 0) is 6.54 Å². The Kier molecular flexibility index (Phi) is 4.69. The average Bonchev–Trinajstić information content (AvgIpc) is 2.88. The Morgan fingerprint density at radius 3 is 2.80 bits per heavy atom. The van der Waals surface area contributed by atoms with E-state index in [0.717, 1.165) is 42.5 Å². The smallest absolute Gasteiger partial charge is 0.185 e. The first-order valence-electron chi connectivity index (χ1n) is 7.23. The molecule has 1 unspecified atom stereocenters. The van der Waals surface area contributed by atoms with Gasteiger partial charge in [-0.05, 0) is 48.3 Å². The second-order valence-corrected chi connectivity index (χ2v) is 7.52. The number of halogens is 1. The van der Waals surface area contributed by atoms with Crippen molar-refractivity contribution in [3.8, 4) is 0 Å². The van der Waals surface area contributed by atoms with Crippen molar-refractivity contribution in [2.75, 3.05) is 20.6 Å². The number of likely N-dealkylation sites (N-methyl/N-ethyl adjacent to an activating group) is 1. The molecule has 1 aliphatic carbocycles. The quantitative estimate of drug-likeness (QED) is 0.771. The topological polar surface area (TPSA) is 38.1 Å². The van der Waals surface area contributed by atoms with Crippen LogP contribution in [0.4, 0.5) is 0 Å². The third kappa shape index (κ3) is 3.14. The van der Waals surface area contributed by atoms with E-state index >= 15 is 0 Å². The Labute approximate surface area is 129 Å². The van der Waals surface area contributed by atoms with E-state index in [9.17, 15) is 4.79 Å². The first-order valence-corrected chi connectivity index (χ1v) is 8.02. The molecule has 0 amide bonds. The number of ketones is 1. The lowest BCUT2D eigenvalue weighted by molar-refractivity contribution is 0.0826. The first kappa shape index (κ1) is 15.7. The molecular weight excluding hydrogens is 318 g/mol. The number of rotatable bonds is 5. The molecule has 0 aliphatic heterocycles. The van der Waals surface area contributed by atoms with Crippen LogP contribution in [0.2, 0.25) is 0 Å². The van der Waals surface area contributed by atoms with Crippen LogP contribution in [0.15, 0.2) is 10.7 Å². The van der Waals surface area contributed by atoms with E-state index in [1.807, 2.05) is 18.8 Å². The molecule has 4 nitrogen and oxygen atoms in total. The molecule has 0 spiro atoms. The summed E-state index contributed by atoms with van der Waals surface area (Å²) in [7, 11) is 4.06. The highest BCUT2D eigenvalue weighted by molar-refractivity contribution is 9.10. The third-order valence-corrected chi connectivity index (χ3v) is 4.94. The first-order chi connectivity index (χ1) is 9.33. The van der Waals surface area contributed by atoms with E-state index in [2.05, 4.69) is 39.8 Å². The third-order valence-electron chi connectivity index (χ3n) is 4.36. The number of hydrogen-bond donors (Lipinski definition) is 0. The van der Waals surface area contributed by atoms with Crippen LogP contribution in [0, 0.1) is 11.3 Å². The number of hydrogen-bond acceptors (Lipinski definition) is 3. The van der Waals surface area contributed by atoms with Gasteiger partial charge in [-0.15, -0.1) is 0 Å². The fourth-order valence-corrected chi connectivity index (χ4v) is 3.54. The van der Waals surface area contributed by atoms with Gasteiger partial charge in [0.15, 0.2) is 5.78 Å². The van der Waals surface area contributed by atoms with Gasteiger partial charge in [-0.2, -0.15) is 5.10 Å². The fraction of sp³-hybridized carbons (Fsp3) is 0.733. The lowest BCUT2D eigenvalue weighted by atomic mass is 9.78. The molecule has 1 atom stereocenters. The minimum absolute atomic E-state index is 0.104. The van der Waals surface area contributed by atoms with Crippen LogP contribution in [0.25, 0.3) is 0 Å². The standard InChI is InChI=1S/C15H24BrN3O/c1-15(2)7-5-6-11(15)14(20)13-12(16)10-17-19(13)9-8-18(3)4/h10-11H,5-9H2,1-4H3. The highest BCUT2D eigenvalue weighted by Gasteiger charge is 2.41. The highest BCUT2D eigenvalue weighted by Crippen LogP contribution is 2.44. The SMILES string of the molecule is CN(C)CCn1ncc(Br)c1C(=O)C1CCCC1(C)C. The highest BCUT2D eigenvalue weighted by atomic mass is 79.9. The van der Waals surface area contributed by atoms with Crippen LogP contribution < -0.4 is 0 Å². The summed E-state index contributed by atoms with van der Waals surface area (Å²) in [6, 6.07) is 0. The molecule has 0 saturated heterocycles. The normalized spacial score (nSPS) is 21.6. The van der Waals surface area contributed by atoms with Crippen LogP contribution in [0.5, 0.6) is 0 Å². The lowest BCUT2D eigenvalue weighted by Gasteiger charge is -2.26. The molecule has 1 heterocycles. The largest absolute Gasteiger partial charge is 0.308 e. The molecule has 5 heteroatoms. The molecule has 1 aromatic heterocycles. The monoisotopic (exact) mass is 341 g/mol. The Hall–Kier alpha value is -0.680. The number of aromatic nitrogens is 2. The summed E-state index contributed by atoms with van der Waals surface area (Å²) in [5.41, 5.74) is 0.847. The van der Waals surface area contributed by atoms with Crippen LogP contribution in [0.1, 0.15) is 43.6 Å². The zero-order valence-electron chi connectivity index (χ0n) is 12.8. The van der Waals surface area contributed by atoms with Gasteiger partial charge < -0.3 is 4.90 Å². The van der Waals surface area contributed by atoms with Crippen molar-refractivity contribution < 1.29 is 4.79 Å². The maximum atomic E-state index is 12.9. The summed E-state index contributed by atoms with van der Waals surface area (Å²) in [5, 5.41) is 4.35. The second-order valence-electron chi connectivity index (χ2n) is 6.67. The second kappa shape index (κ2) is 5.98. The fourth-order valence-electron chi connectivity index (χ4n) is 3.05. The summed E-state index contributed by atoms with van der Waals surface area (Å²) in [6.07, 6.45) is 5.02. The summed E-state index contributed by atoms with van der Waals surface area (Å²) >= 11 is 3.49. The zero-order chi connectivity index (χ0) is 14.9. The van der Waals surface area contributed by atoms with Gasteiger partial charge in [-0.3, -0.25) is 9.48 Å². The van der Waals surface area contributed by atoms with Crippen molar-refractivity contribution in [2.24, 2.45) is 11.3 Å². The molecule has 0 radical (unpaired) electrons. The summed E-state index contributed by atoms with van der Waals surface area (Å²) in [4.78, 5) is 15.0. The molecular formula is C15H24BrN3O. The molecule has 0 bridgehead atoms. The molecule has 1 aromatic rings. The molecule has 1 saturated carbocycles. The van der Waals surface area contributed by atoms with E-state index in [1.54, 1.807) is 6.20 Å². The van der Waals surface area contributed by atoms with Crippen LogP contribution in [0.3, 0.4) is 0 Å². The van der Waals surface area contributed by atoms with E-state index in [-0.39, 0.29) is 17.1 Å². The van der Waals surface area contributed by atoms with Gasteiger partial charge in [0.25, 0.3) is 0 Å². The molecule has 0 aromatic carbocycles. The number of carbonyl (C=O) groups is 1. The molecule has 20 heavy (non-hydrogen) atoms. The number of carbonyl (C=O) groups excluding carboxylic acids is 1. The number of nitrogens with zero attached hydrogens (tertiary/aromatic N) is 3. The van der Waals surface area contributed by atoms with E-state index < -0.39 is 0 Å². The van der Waals surface area contributed by atoms with Gasteiger partial charge in [0, 0.05) is 12.5 Å². The van der Waals surface area contributed by atoms with Gasteiger partial charge in [0.05, 0.1) is 17.2 Å². The minimum atomic E-state index is 0.104. The van der Waals surface area contributed by atoms with Crippen molar-refractivity contribution >= 4 is 21.7 Å². The predicted octanol–water partition coefficient (Wildman–Crippen LogP) is 3.22. The van der Waals surface area contributed by atoms with E-state index in [0.29, 0.717) is 0 Å². The Bertz CT molecular complexity index is 493. The Balaban J connectivity index is 2.23. The minimum Gasteiger partial charge on any atom is -0.308 e. The molecule has 0 N–H and O–H groups in total. The average molecular weight is 342 g/mol. The zero-order valence-corrected chi connectivity index (χ0v) is 14.4. The summed E-state index contributed by atoms with van der Waals surface area (Å²) < 4.78 is 2.67. The Morgan fingerprint density at radius 1 is 1.55 bits per heavy atom. The number of Topliss-reactive ketones (excluding diaryl/α,β-unsaturated/α-hetero) is 1. The Morgan fingerprint density at radius 2 is 2.25 bits per heavy atom. The van der Waals surface area contributed by atoms with Crippen LogP contribution >= 0.6 is 15.9 Å². The maximum Gasteiger partial charge on any atom is 0.185 e. The van der Waals surface area contributed by atoms with Crippen molar-refractivity contribution in [1.82, 2.24) is 14.7 Å². The van der Waals surface area contributed by atoms with Crippen molar-refractivity contribution in [2.45, 2.75) is 39.7 Å². The van der Waals surface area contributed by atoms with Gasteiger partial charge in [0.1, 0.15) is 5.69 Å². The van der Waals surface area contributed by atoms with E-state index in [1.165, 1.54) is 0 Å². The van der Waals surface area contributed by atoms with Crippen molar-refractivity contribution in [3.05, 3.63) is 16.4 Å². The molecule has 1 aliphatic rings. The van der Waals surface area contributed by atoms with Crippen LogP contribution in [-0.4, -0.2) is 41.1 Å². The summed E-state index contributed by atoms with van der Waals surface area (Å²) in [5.74, 6) is 0.365. The lowest BCUT2D eigenvalue weighted by Crippen LogP contribution is -2.29. The molecule has 112 valence electrons. The summed E-state index contributed by atoms with van der Waals surface area (Å²) in [6.45, 7) is 6.03.